The predicted molar refractivity (Wildman–Crippen MR) is 122 cm³/mol. The van der Waals surface area contributed by atoms with Crippen LogP contribution in [0.4, 0.5) is 10.5 Å². The van der Waals surface area contributed by atoms with Crippen LogP contribution in [0.3, 0.4) is 0 Å². The molecule has 0 bridgehead atoms. The number of hydrogen-bond acceptors (Lipinski definition) is 5. The molecule has 0 aliphatic carbocycles. The highest BCUT2D eigenvalue weighted by Crippen LogP contribution is 2.28. The van der Waals surface area contributed by atoms with Gasteiger partial charge in [-0.2, -0.15) is 0 Å². The Bertz CT molecular complexity index is 1020. The number of rotatable bonds is 4. The third kappa shape index (κ3) is 4.88. The zero-order valence-electron chi connectivity index (χ0n) is 17.8. The Balaban J connectivity index is 1.37. The van der Waals surface area contributed by atoms with Crippen LogP contribution in [0.5, 0.6) is 0 Å². The molecule has 0 unspecified atom stereocenters. The van der Waals surface area contributed by atoms with E-state index in [1.807, 2.05) is 24.3 Å². The van der Waals surface area contributed by atoms with Crippen molar-refractivity contribution in [3.63, 3.8) is 0 Å². The quantitative estimate of drug-likeness (QED) is 0.722. The van der Waals surface area contributed by atoms with Gasteiger partial charge < -0.3 is 25.8 Å². The van der Waals surface area contributed by atoms with Crippen LogP contribution in [0.1, 0.15) is 19.3 Å². The number of carbonyl (C=O) groups is 3. The van der Waals surface area contributed by atoms with Crippen molar-refractivity contribution < 1.29 is 14.4 Å². The first-order chi connectivity index (χ1) is 15.4. The molecular weight excluding hydrogens is 432 g/mol. The van der Waals surface area contributed by atoms with Gasteiger partial charge in [-0.3, -0.25) is 14.6 Å². The molecule has 1 aromatic heterocycles. The number of nitrogens with one attached hydrogen (secondary N) is 1. The lowest BCUT2D eigenvalue weighted by Crippen LogP contribution is -2.56. The number of amides is 4. The number of aromatic nitrogens is 1. The molecule has 10 heteroatoms. The van der Waals surface area contributed by atoms with Crippen LogP contribution in [-0.2, 0) is 9.59 Å². The first-order valence-electron chi connectivity index (χ1n) is 10.8. The molecule has 2 aliphatic heterocycles. The molecule has 1 atom stereocenters. The van der Waals surface area contributed by atoms with Gasteiger partial charge in [0.25, 0.3) is 0 Å². The van der Waals surface area contributed by atoms with Gasteiger partial charge in [-0.15, -0.1) is 0 Å². The zero-order valence-corrected chi connectivity index (χ0v) is 18.6. The second-order valence-electron chi connectivity index (χ2n) is 8.19. The number of benzene rings is 1. The van der Waals surface area contributed by atoms with E-state index in [9.17, 15) is 14.4 Å². The van der Waals surface area contributed by atoms with Crippen LogP contribution in [0.25, 0.3) is 10.9 Å². The maximum atomic E-state index is 12.9. The summed E-state index contributed by atoms with van der Waals surface area (Å²) in [4.78, 5) is 46.7. The fourth-order valence-corrected chi connectivity index (χ4v) is 4.52. The van der Waals surface area contributed by atoms with Crippen LogP contribution in [-0.4, -0.2) is 77.9 Å². The highest BCUT2D eigenvalue weighted by Gasteiger charge is 2.31. The number of pyridine rings is 1. The largest absolute Gasteiger partial charge is 0.368 e. The summed E-state index contributed by atoms with van der Waals surface area (Å²) >= 11 is 6.09. The summed E-state index contributed by atoms with van der Waals surface area (Å²) in [5.41, 5.74) is 7.16. The molecule has 2 saturated heterocycles. The molecule has 0 spiro atoms. The first kappa shape index (κ1) is 22.1. The monoisotopic (exact) mass is 458 g/mol. The average Bonchev–Trinajstić information content (AvgIpc) is 2.94. The lowest BCUT2D eigenvalue weighted by molar-refractivity contribution is -0.136. The van der Waals surface area contributed by atoms with Gasteiger partial charge in [0.05, 0.1) is 12.1 Å². The summed E-state index contributed by atoms with van der Waals surface area (Å²) in [5, 5.41) is 4.54. The average molecular weight is 459 g/mol. The molecule has 0 radical (unpaired) electrons. The Hall–Kier alpha value is -3.07. The number of nitrogens with two attached hydrogens (primary N) is 1. The molecule has 3 heterocycles. The van der Waals surface area contributed by atoms with E-state index in [1.165, 1.54) is 4.90 Å². The van der Waals surface area contributed by atoms with E-state index < -0.39 is 11.9 Å². The van der Waals surface area contributed by atoms with Crippen LogP contribution in [0.2, 0.25) is 5.02 Å². The van der Waals surface area contributed by atoms with Gasteiger partial charge in [0.1, 0.15) is 6.04 Å². The summed E-state index contributed by atoms with van der Waals surface area (Å²) in [7, 11) is 0. The molecule has 0 saturated carbocycles. The van der Waals surface area contributed by atoms with E-state index in [-0.39, 0.29) is 18.5 Å². The molecule has 170 valence electrons. The Labute approximate surface area is 191 Å². The van der Waals surface area contributed by atoms with Gasteiger partial charge in [0.2, 0.25) is 11.8 Å². The van der Waals surface area contributed by atoms with Gasteiger partial charge in [-0.1, -0.05) is 11.6 Å². The lowest BCUT2D eigenvalue weighted by atomic mass is 10.1. The van der Waals surface area contributed by atoms with Crippen LogP contribution in [0, 0.1) is 0 Å². The molecule has 2 aliphatic rings. The fourth-order valence-electron chi connectivity index (χ4n) is 4.36. The molecule has 2 aromatic rings. The number of halogens is 1. The number of piperazine rings is 1. The van der Waals surface area contributed by atoms with Crippen molar-refractivity contribution in [1.29, 1.82) is 0 Å². The Morgan fingerprint density at radius 1 is 1.12 bits per heavy atom. The van der Waals surface area contributed by atoms with Crippen molar-refractivity contribution in [1.82, 2.24) is 20.1 Å². The van der Waals surface area contributed by atoms with Gasteiger partial charge >= 0.3 is 6.03 Å². The minimum absolute atomic E-state index is 0.116. The van der Waals surface area contributed by atoms with Crippen LogP contribution < -0.4 is 16.0 Å². The second kappa shape index (κ2) is 9.60. The normalized spacial score (nSPS) is 19.7. The number of fused-ring (bicyclic) bond motifs is 1. The summed E-state index contributed by atoms with van der Waals surface area (Å²) in [5.74, 6) is -0.789. The third-order valence-electron chi connectivity index (χ3n) is 6.01. The van der Waals surface area contributed by atoms with Crippen molar-refractivity contribution in [2.45, 2.75) is 25.3 Å². The Morgan fingerprint density at radius 2 is 1.91 bits per heavy atom. The van der Waals surface area contributed by atoms with Gasteiger partial charge in [0.15, 0.2) is 0 Å². The van der Waals surface area contributed by atoms with E-state index in [1.54, 1.807) is 11.1 Å². The molecule has 2 fully saturated rings. The molecular formula is C22H27ClN6O3. The molecule has 4 rings (SSSR count). The maximum Gasteiger partial charge on any atom is 0.318 e. The van der Waals surface area contributed by atoms with Crippen LogP contribution >= 0.6 is 11.6 Å². The minimum atomic E-state index is -0.628. The van der Waals surface area contributed by atoms with E-state index in [4.69, 9.17) is 17.3 Å². The van der Waals surface area contributed by atoms with Crippen molar-refractivity contribution in [3.8, 4) is 0 Å². The second-order valence-corrected chi connectivity index (χ2v) is 8.63. The number of hydrogen-bond donors (Lipinski definition) is 2. The van der Waals surface area contributed by atoms with E-state index in [0.29, 0.717) is 44.2 Å². The van der Waals surface area contributed by atoms with Crippen molar-refractivity contribution in [2.24, 2.45) is 5.73 Å². The first-order valence-corrected chi connectivity index (χ1v) is 11.2. The molecule has 3 N–H and O–H groups in total. The summed E-state index contributed by atoms with van der Waals surface area (Å²) in [6, 6.07) is 6.75. The number of primary amides is 1. The van der Waals surface area contributed by atoms with E-state index in [0.717, 1.165) is 29.4 Å². The van der Waals surface area contributed by atoms with Crippen molar-refractivity contribution in [3.05, 3.63) is 35.5 Å². The number of nitrogens with zero attached hydrogens (tertiary/aromatic N) is 4. The molecule has 1 aromatic carbocycles. The number of likely N-dealkylation sites (tertiary alicyclic amines) is 1. The van der Waals surface area contributed by atoms with E-state index >= 15 is 0 Å². The lowest BCUT2D eigenvalue weighted by Gasteiger charge is -2.37. The highest BCUT2D eigenvalue weighted by molar-refractivity contribution is 6.31. The molecule has 32 heavy (non-hydrogen) atoms. The van der Waals surface area contributed by atoms with Crippen molar-refractivity contribution in [2.75, 3.05) is 44.2 Å². The summed E-state index contributed by atoms with van der Waals surface area (Å²) in [6.07, 6.45) is 3.92. The zero-order chi connectivity index (χ0) is 22.7. The van der Waals surface area contributed by atoms with Crippen molar-refractivity contribution >= 4 is 46.0 Å². The Morgan fingerprint density at radius 3 is 2.66 bits per heavy atom. The molecule has 9 nitrogen and oxygen atoms in total. The van der Waals surface area contributed by atoms with Crippen LogP contribution in [0.15, 0.2) is 30.5 Å². The van der Waals surface area contributed by atoms with E-state index in [2.05, 4.69) is 15.2 Å². The van der Waals surface area contributed by atoms with Gasteiger partial charge in [0, 0.05) is 55.0 Å². The number of anilines is 1. The minimum Gasteiger partial charge on any atom is -0.368 e. The number of urea groups is 1. The van der Waals surface area contributed by atoms with Gasteiger partial charge in [-0.25, -0.2) is 4.79 Å². The predicted octanol–water partition coefficient (Wildman–Crippen LogP) is 1.59. The highest BCUT2D eigenvalue weighted by atomic mass is 35.5. The summed E-state index contributed by atoms with van der Waals surface area (Å²) < 4.78 is 0. The van der Waals surface area contributed by atoms with Gasteiger partial charge in [-0.05, 0) is 43.5 Å². The third-order valence-corrected chi connectivity index (χ3v) is 6.25. The number of carbonyl (C=O) groups excluding carboxylic acids is 3. The topological polar surface area (TPSA) is 112 Å². The Kier molecular flexibility index (Phi) is 6.64. The molecule has 4 amide bonds. The SMILES string of the molecule is NC(=O)CN1CCCC[C@H](NC(=O)N2CCN(c3ccnc4cc(Cl)ccc34)CC2)C1=O. The standard InChI is InChI=1S/C22H27ClN6O3/c23-15-4-5-16-18(13-15)25-7-6-19(16)27-9-11-28(12-10-27)22(32)26-17-3-1-2-8-29(21(17)31)14-20(24)30/h4-7,13,17H,1-3,8-12,14H2,(H2,24,30)(H,26,32)/t17-/m0/s1. The summed E-state index contributed by atoms with van der Waals surface area (Å²) in [6.45, 7) is 2.78. The fraction of sp³-hybridized carbons (Fsp3) is 0.455. The smallest absolute Gasteiger partial charge is 0.318 e. The maximum absolute atomic E-state index is 12.9.